The van der Waals surface area contributed by atoms with Crippen LogP contribution < -0.4 is 19.9 Å². The summed E-state index contributed by atoms with van der Waals surface area (Å²) in [4.78, 5) is 30.6. The van der Waals surface area contributed by atoms with E-state index in [9.17, 15) is 40.7 Å². The fourth-order valence-corrected chi connectivity index (χ4v) is 6.63. The number of aromatic nitrogens is 4. The summed E-state index contributed by atoms with van der Waals surface area (Å²) in [5.41, 5.74) is 0.761. The van der Waals surface area contributed by atoms with Gasteiger partial charge in [0.25, 0.3) is 10.0 Å². The quantitative estimate of drug-likeness (QED) is 0.0979. The number of hydrogen-bond acceptors (Lipinski definition) is 12. The molecule has 3 atom stereocenters. The number of nitrogens with zero attached hydrogens (tertiary/aromatic N) is 4. The average Bonchev–Trinajstić information content (AvgIpc) is 3.79. The molecule has 0 saturated heterocycles. The van der Waals surface area contributed by atoms with Crippen molar-refractivity contribution in [3.8, 4) is 11.5 Å². The number of alkyl halides is 4. The molecule has 4 N–H and O–H groups in total. The third-order valence-corrected chi connectivity index (χ3v) is 9.98. The van der Waals surface area contributed by atoms with Crippen LogP contribution in [0.4, 0.5) is 17.6 Å². The normalized spacial score (nSPS) is 13.6. The largest absolute Gasteiger partial charge is 0.491 e. The molecule has 0 aliphatic carbocycles. The number of carbonyl (C=O) groups is 2. The third-order valence-electron chi connectivity index (χ3n) is 7.65. The first-order valence-electron chi connectivity index (χ1n) is 15.6. The maximum Gasteiger partial charge on any atom is 0.416 e. The van der Waals surface area contributed by atoms with Crippen molar-refractivity contribution in [2.75, 3.05) is 20.4 Å². The van der Waals surface area contributed by atoms with Gasteiger partial charge in [0.1, 0.15) is 55.3 Å². The van der Waals surface area contributed by atoms with E-state index in [2.05, 4.69) is 20.6 Å². The first-order valence-corrected chi connectivity index (χ1v) is 18.0. The molecule has 0 spiro atoms. The summed E-state index contributed by atoms with van der Waals surface area (Å²) in [5, 5.41) is 25.5. The third kappa shape index (κ3) is 10.5. The van der Waals surface area contributed by atoms with Crippen LogP contribution >= 0.6 is 11.3 Å². The first kappa shape index (κ1) is 39.0. The Hall–Kier alpha value is -5.18. The van der Waals surface area contributed by atoms with Gasteiger partial charge in [0.05, 0.1) is 29.1 Å². The lowest BCUT2D eigenvalue weighted by Crippen LogP contribution is -2.46. The molecule has 14 nitrogen and oxygen atoms in total. The highest BCUT2D eigenvalue weighted by Crippen LogP contribution is 2.30. The van der Waals surface area contributed by atoms with Crippen LogP contribution in [0.5, 0.6) is 11.5 Å². The van der Waals surface area contributed by atoms with Crippen molar-refractivity contribution in [3.05, 3.63) is 95.3 Å². The van der Waals surface area contributed by atoms with Crippen LogP contribution in [0.15, 0.2) is 77.3 Å². The second kappa shape index (κ2) is 16.7. The standard InChI is InChI=1S/C33H32F4N6O8S2/c1-49-31(46)27(12-19-2-6-21(7-3-19)33(35,36)37)39-30(45)28(13-20-4-8-24(9-5-20)51-18-23(44)15-34)43-16-22(41-42-43)17-50-25-10-11-26-29(14-25)52-32(40-26)53(38,47)48/h2-11,14,16,23,27-28,44H,12-13,15,17-18H2,1H3,(H,39,45)(H2,38,47,48)/t23?,27-,28-/m0/s1. The number of thiazole rings is 1. The van der Waals surface area contributed by atoms with Gasteiger partial charge in [-0.2, -0.15) is 13.2 Å². The van der Waals surface area contributed by atoms with Gasteiger partial charge in [-0.15, -0.1) is 16.4 Å². The van der Waals surface area contributed by atoms with Crippen molar-refractivity contribution in [2.45, 2.75) is 48.2 Å². The summed E-state index contributed by atoms with van der Waals surface area (Å²) < 4.78 is 92.9. The van der Waals surface area contributed by atoms with Crippen molar-refractivity contribution in [1.82, 2.24) is 25.3 Å². The number of methoxy groups -OCH3 is 1. The molecular formula is C33H32F4N6O8S2. The lowest BCUT2D eigenvalue weighted by atomic mass is 10.0. The summed E-state index contributed by atoms with van der Waals surface area (Å²) in [7, 11) is -2.88. The zero-order chi connectivity index (χ0) is 38.3. The zero-order valence-electron chi connectivity index (χ0n) is 27.7. The Bertz CT molecular complexity index is 2150. The molecule has 5 rings (SSSR count). The number of aliphatic hydroxyl groups excluding tert-OH is 1. The molecule has 1 unspecified atom stereocenters. The molecule has 1 amide bonds. The molecule has 5 aromatic rings. The minimum Gasteiger partial charge on any atom is -0.491 e. The van der Waals surface area contributed by atoms with Gasteiger partial charge < -0.3 is 24.6 Å². The van der Waals surface area contributed by atoms with Gasteiger partial charge in [-0.25, -0.2) is 32.4 Å². The Morgan fingerprint density at radius 1 is 1.00 bits per heavy atom. The molecule has 20 heteroatoms. The number of benzene rings is 3. The molecule has 0 radical (unpaired) electrons. The molecular weight excluding hydrogens is 749 g/mol. The van der Waals surface area contributed by atoms with Gasteiger partial charge in [-0.05, 0) is 53.6 Å². The number of nitrogens with one attached hydrogen (secondary N) is 1. The van der Waals surface area contributed by atoms with Crippen molar-refractivity contribution >= 4 is 43.5 Å². The number of carbonyl (C=O) groups excluding carboxylic acids is 2. The van der Waals surface area contributed by atoms with E-state index in [1.165, 1.54) is 23.0 Å². The average molecular weight is 781 g/mol. The summed E-state index contributed by atoms with van der Waals surface area (Å²) >= 11 is 0.875. The number of aliphatic hydroxyl groups is 1. The minimum absolute atomic E-state index is 0.00543. The van der Waals surface area contributed by atoms with Crippen LogP contribution in [0.1, 0.15) is 28.4 Å². The summed E-state index contributed by atoms with van der Waals surface area (Å²) in [5.74, 6) is -0.841. The van der Waals surface area contributed by atoms with Gasteiger partial charge >= 0.3 is 12.1 Å². The number of sulfonamides is 1. The molecule has 282 valence electrons. The highest BCUT2D eigenvalue weighted by molar-refractivity contribution is 7.91. The van der Waals surface area contributed by atoms with Gasteiger partial charge in [0.2, 0.25) is 10.2 Å². The Balaban J connectivity index is 1.35. The van der Waals surface area contributed by atoms with Crippen LogP contribution in [0.25, 0.3) is 10.2 Å². The number of hydrogen-bond donors (Lipinski definition) is 3. The summed E-state index contributed by atoms with van der Waals surface area (Å²) in [6.07, 6.45) is -4.58. The minimum atomic E-state index is -4.56. The summed E-state index contributed by atoms with van der Waals surface area (Å²) in [6.45, 7) is -1.36. The van der Waals surface area contributed by atoms with E-state index in [1.807, 2.05) is 0 Å². The Morgan fingerprint density at radius 3 is 2.30 bits per heavy atom. The van der Waals surface area contributed by atoms with Crippen LogP contribution in [-0.2, 0) is 50.0 Å². The predicted molar refractivity (Wildman–Crippen MR) is 181 cm³/mol. The van der Waals surface area contributed by atoms with Crippen molar-refractivity contribution in [1.29, 1.82) is 0 Å². The van der Waals surface area contributed by atoms with E-state index in [-0.39, 0.29) is 30.4 Å². The SMILES string of the molecule is COC(=O)[C@H](Cc1ccc(C(F)(F)F)cc1)NC(=O)[C@H](Cc1ccc(OCC(O)CF)cc1)n1cc(COc2ccc3nc(S(N)(=O)=O)sc3c2)nn1. The second-order valence-electron chi connectivity index (χ2n) is 11.6. The zero-order valence-corrected chi connectivity index (χ0v) is 29.3. The van der Waals surface area contributed by atoms with Crippen LogP contribution in [-0.4, -0.2) is 77.9 Å². The number of fused-ring (bicyclic) bond motifs is 1. The van der Waals surface area contributed by atoms with Gasteiger partial charge in [0.15, 0.2) is 0 Å². The number of amides is 1. The van der Waals surface area contributed by atoms with Crippen LogP contribution in [0, 0.1) is 0 Å². The van der Waals surface area contributed by atoms with Crippen LogP contribution in [0.3, 0.4) is 0 Å². The van der Waals surface area contributed by atoms with E-state index < -0.39 is 58.5 Å². The fourth-order valence-electron chi connectivity index (χ4n) is 4.94. The molecule has 3 aromatic carbocycles. The lowest BCUT2D eigenvalue weighted by Gasteiger charge is -2.22. The number of primary sulfonamides is 1. The molecule has 0 bridgehead atoms. The van der Waals surface area contributed by atoms with Gasteiger partial charge in [-0.1, -0.05) is 29.5 Å². The number of rotatable bonds is 16. The van der Waals surface area contributed by atoms with Crippen LogP contribution in [0.2, 0.25) is 0 Å². The van der Waals surface area contributed by atoms with Crippen molar-refractivity contribution < 1.29 is 54.9 Å². The molecule has 0 aliphatic rings. The molecule has 2 heterocycles. The highest BCUT2D eigenvalue weighted by atomic mass is 32.2. The highest BCUT2D eigenvalue weighted by Gasteiger charge is 2.32. The molecule has 0 fully saturated rings. The monoisotopic (exact) mass is 780 g/mol. The van der Waals surface area contributed by atoms with E-state index in [0.717, 1.165) is 30.6 Å². The van der Waals surface area contributed by atoms with Crippen molar-refractivity contribution in [2.24, 2.45) is 5.14 Å². The molecule has 0 saturated carbocycles. The Morgan fingerprint density at radius 2 is 1.66 bits per heavy atom. The number of halogens is 4. The molecule has 0 aliphatic heterocycles. The lowest BCUT2D eigenvalue weighted by molar-refractivity contribution is -0.145. The van der Waals surface area contributed by atoms with Gasteiger partial charge in [-0.3, -0.25) is 4.79 Å². The Labute approximate surface area is 303 Å². The summed E-state index contributed by atoms with van der Waals surface area (Å²) in [6, 6.07) is 12.8. The number of nitrogens with two attached hydrogens (primary N) is 1. The van der Waals surface area contributed by atoms with Crippen molar-refractivity contribution in [3.63, 3.8) is 0 Å². The predicted octanol–water partition coefficient (Wildman–Crippen LogP) is 3.53. The number of esters is 1. The van der Waals surface area contributed by atoms with Gasteiger partial charge in [0, 0.05) is 12.8 Å². The van der Waals surface area contributed by atoms with E-state index in [1.54, 1.807) is 42.5 Å². The topological polar surface area (TPSA) is 198 Å². The maximum absolute atomic E-state index is 13.9. The smallest absolute Gasteiger partial charge is 0.416 e. The fraction of sp³-hybridized carbons (Fsp3) is 0.303. The first-order chi connectivity index (χ1) is 25.1. The maximum atomic E-state index is 13.9. The molecule has 2 aromatic heterocycles. The van der Waals surface area contributed by atoms with E-state index in [4.69, 9.17) is 19.3 Å². The van der Waals surface area contributed by atoms with E-state index >= 15 is 0 Å². The van der Waals surface area contributed by atoms with E-state index in [0.29, 0.717) is 38.5 Å². The molecule has 53 heavy (non-hydrogen) atoms. The second-order valence-corrected chi connectivity index (χ2v) is 14.4. The number of ether oxygens (including phenoxy) is 3. The Kier molecular flexibility index (Phi) is 12.3.